The predicted molar refractivity (Wildman–Crippen MR) is 112 cm³/mol. The summed E-state index contributed by atoms with van der Waals surface area (Å²) in [6.45, 7) is 6.45. The first-order chi connectivity index (χ1) is 12.0. The molecule has 0 aliphatic carbocycles. The summed E-state index contributed by atoms with van der Waals surface area (Å²) in [7, 11) is 0. The lowest BCUT2D eigenvalue weighted by Gasteiger charge is -2.08. The molecule has 1 aromatic heterocycles. The van der Waals surface area contributed by atoms with Crippen molar-refractivity contribution in [1.82, 2.24) is 4.98 Å². The number of nitrogens with one attached hydrogen (secondary N) is 1. The Labute approximate surface area is 161 Å². The van der Waals surface area contributed by atoms with E-state index < -0.39 is 0 Å². The molecule has 0 radical (unpaired) electrons. The highest BCUT2D eigenvalue weighted by Crippen LogP contribution is 2.26. The van der Waals surface area contributed by atoms with Gasteiger partial charge in [0.2, 0.25) is 5.13 Å². The highest BCUT2D eigenvalue weighted by Gasteiger charge is 2.05. The van der Waals surface area contributed by atoms with E-state index in [-0.39, 0.29) is 0 Å². The molecular weight excluding hydrogens is 394 g/mol. The summed E-state index contributed by atoms with van der Waals surface area (Å²) >= 11 is 5.17. The molecule has 25 heavy (non-hydrogen) atoms. The molecule has 3 aromatic rings. The maximum Gasteiger partial charge on any atom is 0.203 e. The van der Waals surface area contributed by atoms with Gasteiger partial charge in [-0.2, -0.15) is 5.10 Å². The van der Waals surface area contributed by atoms with Crippen molar-refractivity contribution in [3.8, 4) is 11.3 Å². The van der Waals surface area contributed by atoms with E-state index >= 15 is 0 Å². The zero-order valence-electron chi connectivity index (χ0n) is 14.5. The van der Waals surface area contributed by atoms with Gasteiger partial charge in [-0.1, -0.05) is 71.7 Å². The van der Waals surface area contributed by atoms with Gasteiger partial charge in [0, 0.05) is 15.4 Å². The van der Waals surface area contributed by atoms with Crippen molar-refractivity contribution in [3.63, 3.8) is 0 Å². The van der Waals surface area contributed by atoms with Crippen LogP contribution in [0.4, 0.5) is 5.13 Å². The summed E-state index contributed by atoms with van der Waals surface area (Å²) in [6.07, 6.45) is 1.81. The maximum absolute atomic E-state index is 4.58. The first kappa shape index (κ1) is 17.8. The Morgan fingerprint density at radius 3 is 2.60 bits per heavy atom. The van der Waals surface area contributed by atoms with Gasteiger partial charge in [0.25, 0.3) is 0 Å². The van der Waals surface area contributed by atoms with Crippen molar-refractivity contribution < 1.29 is 0 Å². The minimum absolute atomic E-state index is 0.494. The molecule has 0 saturated heterocycles. The average Bonchev–Trinajstić information content (AvgIpc) is 3.04. The van der Waals surface area contributed by atoms with Gasteiger partial charge in [-0.25, -0.2) is 4.98 Å². The Morgan fingerprint density at radius 1 is 1.16 bits per heavy atom. The second-order valence-electron chi connectivity index (χ2n) is 6.21. The fourth-order valence-electron chi connectivity index (χ4n) is 2.44. The average molecular weight is 414 g/mol. The van der Waals surface area contributed by atoms with Gasteiger partial charge in [-0.15, -0.1) is 11.3 Å². The molecule has 0 fully saturated rings. The molecule has 0 atom stereocenters. The largest absolute Gasteiger partial charge is 0.253 e. The second-order valence-corrected chi connectivity index (χ2v) is 7.92. The lowest BCUT2D eigenvalue weighted by atomic mass is 10.0. The lowest BCUT2D eigenvalue weighted by molar-refractivity contribution is 0.861. The van der Waals surface area contributed by atoms with Crippen LogP contribution in [0.3, 0.4) is 0 Å². The number of anilines is 1. The number of benzene rings is 2. The molecule has 0 spiro atoms. The molecule has 0 saturated carbocycles. The highest BCUT2D eigenvalue weighted by molar-refractivity contribution is 9.10. The maximum atomic E-state index is 4.58. The summed E-state index contributed by atoms with van der Waals surface area (Å²) in [6, 6.07) is 14.7. The van der Waals surface area contributed by atoms with Crippen molar-refractivity contribution >= 4 is 38.6 Å². The Bertz CT molecular complexity index is 882. The van der Waals surface area contributed by atoms with E-state index in [9.17, 15) is 0 Å². The van der Waals surface area contributed by atoms with E-state index in [1.54, 1.807) is 11.3 Å². The molecule has 128 valence electrons. The van der Waals surface area contributed by atoms with Crippen LogP contribution in [-0.2, 0) is 0 Å². The van der Waals surface area contributed by atoms with Gasteiger partial charge in [-0.05, 0) is 30.0 Å². The number of hydrogen-bond donors (Lipinski definition) is 1. The van der Waals surface area contributed by atoms with Crippen LogP contribution in [0.15, 0.2) is 57.4 Å². The standard InChI is InChI=1S/C20H20BrN3S/c1-13(2)17-9-6-15(10-18(17)21)11-22-24-20-23-19(12-25-20)16-7-4-14(3)5-8-16/h4-13H,1-3H3,(H,23,24)/b22-11-. The number of hydrogen-bond acceptors (Lipinski definition) is 4. The van der Waals surface area contributed by atoms with Crippen molar-refractivity contribution in [2.24, 2.45) is 5.10 Å². The molecule has 0 aliphatic rings. The molecule has 2 aromatic carbocycles. The smallest absolute Gasteiger partial charge is 0.203 e. The summed E-state index contributed by atoms with van der Waals surface area (Å²) in [5.41, 5.74) is 8.68. The van der Waals surface area contributed by atoms with Crippen LogP contribution in [0.5, 0.6) is 0 Å². The lowest BCUT2D eigenvalue weighted by Crippen LogP contribution is -1.93. The van der Waals surface area contributed by atoms with Gasteiger partial charge in [-0.3, -0.25) is 5.43 Å². The van der Waals surface area contributed by atoms with Crippen LogP contribution in [0.25, 0.3) is 11.3 Å². The van der Waals surface area contributed by atoms with Crippen LogP contribution in [0.1, 0.15) is 36.5 Å². The fourth-order valence-corrected chi connectivity index (χ4v) is 3.96. The Balaban J connectivity index is 1.67. The van der Waals surface area contributed by atoms with Crippen LogP contribution >= 0.6 is 27.3 Å². The third kappa shape index (κ3) is 4.55. The van der Waals surface area contributed by atoms with Crippen molar-refractivity contribution in [3.05, 3.63) is 69.0 Å². The molecule has 1 N–H and O–H groups in total. The first-order valence-electron chi connectivity index (χ1n) is 8.14. The molecule has 0 bridgehead atoms. The molecular formula is C20H20BrN3S. The molecule has 3 rings (SSSR count). The fraction of sp³-hybridized carbons (Fsp3) is 0.200. The summed E-state index contributed by atoms with van der Waals surface area (Å²) < 4.78 is 1.11. The molecule has 0 amide bonds. The van der Waals surface area contributed by atoms with Gasteiger partial charge >= 0.3 is 0 Å². The minimum atomic E-state index is 0.494. The normalized spacial score (nSPS) is 11.4. The molecule has 0 aliphatic heterocycles. The first-order valence-corrected chi connectivity index (χ1v) is 9.81. The zero-order chi connectivity index (χ0) is 17.8. The van der Waals surface area contributed by atoms with E-state index in [0.29, 0.717) is 5.92 Å². The third-order valence-corrected chi connectivity index (χ3v) is 5.31. The third-order valence-electron chi connectivity index (χ3n) is 3.87. The summed E-state index contributed by atoms with van der Waals surface area (Å²) in [5.74, 6) is 0.494. The van der Waals surface area contributed by atoms with Gasteiger partial charge in [0.1, 0.15) is 0 Å². The second kappa shape index (κ2) is 7.93. The number of halogens is 1. The summed E-state index contributed by atoms with van der Waals surface area (Å²) in [5, 5.41) is 7.12. The van der Waals surface area contributed by atoms with E-state index in [4.69, 9.17) is 0 Å². The Kier molecular flexibility index (Phi) is 5.66. The van der Waals surface area contributed by atoms with E-state index in [2.05, 4.69) is 94.7 Å². The number of rotatable bonds is 5. The van der Waals surface area contributed by atoms with Crippen LogP contribution < -0.4 is 5.43 Å². The van der Waals surface area contributed by atoms with Gasteiger partial charge in [0.05, 0.1) is 11.9 Å². The molecule has 5 heteroatoms. The van der Waals surface area contributed by atoms with Gasteiger partial charge < -0.3 is 0 Å². The summed E-state index contributed by atoms with van der Waals surface area (Å²) in [4.78, 5) is 4.58. The number of aromatic nitrogens is 1. The van der Waals surface area contributed by atoms with E-state index in [1.165, 1.54) is 11.1 Å². The predicted octanol–water partition coefficient (Wildman–Crippen LogP) is 6.45. The van der Waals surface area contributed by atoms with Crippen LogP contribution in [0, 0.1) is 6.92 Å². The van der Waals surface area contributed by atoms with Crippen LogP contribution in [0.2, 0.25) is 0 Å². The zero-order valence-corrected chi connectivity index (χ0v) is 16.9. The molecule has 1 heterocycles. The molecule has 0 unspecified atom stereocenters. The minimum Gasteiger partial charge on any atom is -0.253 e. The number of hydrazone groups is 1. The Hall–Kier alpha value is -1.98. The Morgan fingerprint density at radius 2 is 1.92 bits per heavy atom. The van der Waals surface area contributed by atoms with Crippen molar-refractivity contribution in [2.45, 2.75) is 26.7 Å². The van der Waals surface area contributed by atoms with Crippen molar-refractivity contribution in [2.75, 3.05) is 5.43 Å². The monoisotopic (exact) mass is 413 g/mol. The van der Waals surface area contributed by atoms with E-state index in [1.807, 2.05) is 11.6 Å². The SMILES string of the molecule is Cc1ccc(-c2csc(N/N=C\c3ccc(C(C)C)c(Br)c3)n2)cc1. The van der Waals surface area contributed by atoms with Crippen molar-refractivity contribution in [1.29, 1.82) is 0 Å². The topological polar surface area (TPSA) is 37.3 Å². The number of nitrogens with zero attached hydrogens (tertiary/aromatic N) is 2. The van der Waals surface area contributed by atoms with Gasteiger partial charge in [0.15, 0.2) is 0 Å². The van der Waals surface area contributed by atoms with E-state index in [0.717, 1.165) is 26.4 Å². The quantitative estimate of drug-likeness (QED) is 0.385. The van der Waals surface area contributed by atoms with Crippen LogP contribution in [-0.4, -0.2) is 11.2 Å². The number of aryl methyl sites for hydroxylation is 1. The number of thiazole rings is 1. The highest BCUT2D eigenvalue weighted by atomic mass is 79.9. The molecule has 3 nitrogen and oxygen atoms in total.